The van der Waals surface area contributed by atoms with Crippen molar-refractivity contribution in [2.45, 2.75) is 6.10 Å². The molecule has 0 radical (unpaired) electrons. The summed E-state index contributed by atoms with van der Waals surface area (Å²) in [7, 11) is 1.61. The zero-order chi connectivity index (χ0) is 19.1. The minimum atomic E-state index is 0.163. The molecule has 1 aliphatic heterocycles. The van der Waals surface area contributed by atoms with Crippen LogP contribution in [0.3, 0.4) is 0 Å². The van der Waals surface area contributed by atoms with Crippen molar-refractivity contribution in [3.05, 3.63) is 47.9 Å². The van der Waals surface area contributed by atoms with E-state index in [1.54, 1.807) is 13.3 Å². The number of H-pyrrole nitrogens is 1. The van der Waals surface area contributed by atoms with Crippen LogP contribution >= 0.6 is 11.6 Å². The van der Waals surface area contributed by atoms with Crippen LogP contribution in [0.4, 0.5) is 11.5 Å². The maximum absolute atomic E-state index is 6.23. The van der Waals surface area contributed by atoms with Crippen LogP contribution in [-0.4, -0.2) is 41.4 Å². The summed E-state index contributed by atoms with van der Waals surface area (Å²) in [5, 5.41) is 5.82. The van der Waals surface area contributed by atoms with Crippen molar-refractivity contribution >= 4 is 44.9 Å². The Morgan fingerprint density at radius 2 is 2.14 bits per heavy atom. The average Bonchev–Trinajstić information content (AvgIpc) is 3.47. The molecule has 28 heavy (non-hydrogen) atoms. The quantitative estimate of drug-likeness (QED) is 0.473. The first-order valence-corrected chi connectivity index (χ1v) is 9.20. The van der Waals surface area contributed by atoms with Gasteiger partial charge in [0.2, 0.25) is 0 Å². The lowest BCUT2D eigenvalue weighted by Crippen LogP contribution is -2.05. The molecule has 2 aromatic heterocycles. The second-order valence-electron chi connectivity index (χ2n) is 6.50. The van der Waals surface area contributed by atoms with Crippen LogP contribution in [-0.2, 0) is 4.74 Å². The first-order chi connectivity index (χ1) is 13.7. The van der Waals surface area contributed by atoms with E-state index in [0.717, 1.165) is 34.1 Å². The molecule has 1 aliphatic rings. The molecule has 142 valence electrons. The Labute approximate surface area is 165 Å². The topological polar surface area (TPSA) is 84.6 Å². The zero-order valence-electron chi connectivity index (χ0n) is 15.0. The zero-order valence-corrected chi connectivity index (χ0v) is 15.8. The van der Waals surface area contributed by atoms with Crippen molar-refractivity contribution in [3.8, 4) is 11.5 Å². The second kappa shape index (κ2) is 6.85. The predicted molar refractivity (Wildman–Crippen MR) is 108 cm³/mol. The highest BCUT2D eigenvalue weighted by atomic mass is 35.5. The largest absolute Gasteiger partial charge is 0.493 e. The van der Waals surface area contributed by atoms with Crippen molar-refractivity contribution in [2.24, 2.45) is 0 Å². The van der Waals surface area contributed by atoms with Gasteiger partial charge in [0.05, 0.1) is 35.5 Å². The van der Waals surface area contributed by atoms with Crippen molar-refractivity contribution in [2.75, 3.05) is 25.6 Å². The number of hydrogen-bond acceptors (Lipinski definition) is 6. The maximum Gasteiger partial charge on any atom is 0.163 e. The minimum Gasteiger partial charge on any atom is -0.493 e. The van der Waals surface area contributed by atoms with E-state index in [1.165, 1.54) is 6.33 Å². The minimum absolute atomic E-state index is 0.163. The highest BCUT2D eigenvalue weighted by Gasteiger charge is 2.24. The summed E-state index contributed by atoms with van der Waals surface area (Å²) in [6, 6.07) is 9.61. The summed E-state index contributed by atoms with van der Waals surface area (Å²) < 4.78 is 16.5. The van der Waals surface area contributed by atoms with E-state index < -0.39 is 0 Å². The number of aromatic nitrogens is 3. The van der Waals surface area contributed by atoms with Gasteiger partial charge in [0, 0.05) is 23.0 Å². The summed E-state index contributed by atoms with van der Waals surface area (Å²) in [4.78, 5) is 12.0. The van der Waals surface area contributed by atoms with Gasteiger partial charge in [-0.15, -0.1) is 0 Å². The number of ether oxygens (including phenoxy) is 3. The predicted octanol–water partition coefficient (Wildman–Crippen LogP) is 4.29. The molecule has 0 saturated carbocycles. The Morgan fingerprint density at radius 3 is 2.96 bits per heavy atom. The van der Waals surface area contributed by atoms with E-state index >= 15 is 0 Å². The van der Waals surface area contributed by atoms with Crippen LogP contribution in [0.25, 0.3) is 21.8 Å². The average molecular weight is 397 g/mol. The van der Waals surface area contributed by atoms with Crippen LogP contribution in [0.5, 0.6) is 11.5 Å². The number of epoxide rings is 1. The molecular formula is C20H17ClN4O3. The highest BCUT2D eigenvalue weighted by molar-refractivity contribution is 6.36. The van der Waals surface area contributed by atoms with Crippen LogP contribution in [0, 0.1) is 0 Å². The molecule has 2 N–H and O–H groups in total. The molecule has 7 nitrogen and oxygen atoms in total. The first kappa shape index (κ1) is 17.1. The molecule has 8 heteroatoms. The number of halogens is 1. The molecule has 3 heterocycles. The van der Waals surface area contributed by atoms with E-state index in [1.807, 2.05) is 30.3 Å². The van der Waals surface area contributed by atoms with E-state index in [9.17, 15) is 0 Å². The van der Waals surface area contributed by atoms with E-state index in [2.05, 4.69) is 20.3 Å². The molecule has 4 aromatic rings. The number of rotatable bonds is 6. The number of methoxy groups -OCH3 is 1. The van der Waals surface area contributed by atoms with Gasteiger partial charge in [-0.05, 0) is 12.1 Å². The van der Waals surface area contributed by atoms with Gasteiger partial charge in [0.15, 0.2) is 11.5 Å². The highest BCUT2D eigenvalue weighted by Crippen LogP contribution is 2.36. The fraction of sp³-hybridized carbons (Fsp3) is 0.200. The van der Waals surface area contributed by atoms with Crippen molar-refractivity contribution in [1.29, 1.82) is 0 Å². The number of benzene rings is 2. The van der Waals surface area contributed by atoms with Gasteiger partial charge < -0.3 is 24.5 Å². The fourth-order valence-corrected chi connectivity index (χ4v) is 3.35. The van der Waals surface area contributed by atoms with Crippen LogP contribution in [0.15, 0.2) is 42.9 Å². The van der Waals surface area contributed by atoms with Gasteiger partial charge in [-0.3, -0.25) is 0 Å². The van der Waals surface area contributed by atoms with Crippen LogP contribution < -0.4 is 14.8 Å². The van der Waals surface area contributed by atoms with E-state index in [4.69, 9.17) is 25.8 Å². The number of aromatic amines is 1. The summed E-state index contributed by atoms with van der Waals surface area (Å²) in [5.41, 5.74) is 2.53. The summed E-state index contributed by atoms with van der Waals surface area (Å²) in [6.07, 6.45) is 3.45. The molecule has 0 amide bonds. The van der Waals surface area contributed by atoms with Crippen LogP contribution in [0.2, 0.25) is 5.02 Å². The number of nitrogens with zero attached hydrogens (tertiary/aromatic N) is 2. The number of para-hydroxylation sites is 1. The Kier molecular flexibility index (Phi) is 4.18. The van der Waals surface area contributed by atoms with Gasteiger partial charge >= 0.3 is 0 Å². The normalized spacial score (nSPS) is 15.7. The molecule has 1 atom stereocenters. The molecule has 0 spiro atoms. The molecule has 1 saturated heterocycles. The lowest BCUT2D eigenvalue weighted by molar-refractivity contribution is 0.252. The molecule has 5 rings (SSSR count). The SMILES string of the molecule is COc1cc2c(Nc3cccc4c(Cl)c[nH]c34)ncnc2cc1OC[C@H]1CO1. The Balaban J connectivity index is 1.55. The van der Waals surface area contributed by atoms with Crippen molar-refractivity contribution < 1.29 is 14.2 Å². The van der Waals surface area contributed by atoms with Gasteiger partial charge in [-0.25, -0.2) is 9.97 Å². The smallest absolute Gasteiger partial charge is 0.163 e. The van der Waals surface area contributed by atoms with Crippen LogP contribution in [0.1, 0.15) is 0 Å². The van der Waals surface area contributed by atoms with Crippen molar-refractivity contribution in [3.63, 3.8) is 0 Å². The number of nitrogens with one attached hydrogen (secondary N) is 2. The van der Waals surface area contributed by atoms with Crippen molar-refractivity contribution in [1.82, 2.24) is 15.0 Å². The summed E-state index contributed by atoms with van der Waals surface area (Å²) >= 11 is 6.23. The third-order valence-corrected chi connectivity index (χ3v) is 4.98. The molecule has 0 unspecified atom stereocenters. The third-order valence-electron chi connectivity index (χ3n) is 4.67. The molecule has 0 bridgehead atoms. The number of anilines is 2. The molecular weight excluding hydrogens is 380 g/mol. The number of fused-ring (bicyclic) bond motifs is 2. The lowest BCUT2D eigenvalue weighted by atomic mass is 10.2. The van der Waals surface area contributed by atoms with Gasteiger partial charge in [-0.2, -0.15) is 0 Å². The Bertz CT molecular complexity index is 1170. The molecule has 2 aromatic carbocycles. The fourth-order valence-electron chi connectivity index (χ4n) is 3.13. The lowest BCUT2D eigenvalue weighted by Gasteiger charge is -2.13. The van der Waals surface area contributed by atoms with Gasteiger partial charge in [0.1, 0.15) is 24.9 Å². The Hall–Kier alpha value is -3.03. The van der Waals surface area contributed by atoms with Gasteiger partial charge in [0.25, 0.3) is 0 Å². The second-order valence-corrected chi connectivity index (χ2v) is 6.91. The first-order valence-electron chi connectivity index (χ1n) is 8.82. The monoisotopic (exact) mass is 396 g/mol. The molecule has 1 fully saturated rings. The van der Waals surface area contributed by atoms with E-state index in [-0.39, 0.29) is 6.10 Å². The Morgan fingerprint density at radius 1 is 1.25 bits per heavy atom. The molecule has 0 aliphatic carbocycles. The van der Waals surface area contributed by atoms with E-state index in [0.29, 0.717) is 28.9 Å². The number of hydrogen-bond donors (Lipinski definition) is 2. The third kappa shape index (κ3) is 3.08. The standard InChI is InChI=1S/C20H17ClN4O3/c1-26-17-5-13-16(6-18(17)28-9-11-8-27-11)23-10-24-20(13)25-15-4-2-3-12-14(21)7-22-19(12)15/h2-7,10-11,22H,8-9H2,1H3,(H,23,24,25)/t11-/m1/s1. The van der Waals surface area contributed by atoms with Gasteiger partial charge in [-0.1, -0.05) is 23.7 Å². The summed E-state index contributed by atoms with van der Waals surface area (Å²) in [5.74, 6) is 1.92. The summed E-state index contributed by atoms with van der Waals surface area (Å²) in [6.45, 7) is 1.23. The maximum atomic E-state index is 6.23.